The van der Waals surface area contributed by atoms with E-state index in [4.69, 9.17) is 4.52 Å². The molecule has 1 fully saturated rings. The molecule has 1 atom stereocenters. The maximum absolute atomic E-state index is 13.0. The second-order valence-corrected chi connectivity index (χ2v) is 4.50. The summed E-state index contributed by atoms with van der Waals surface area (Å²) in [5, 5.41) is 7.24. The Balaban J connectivity index is 0.00000133. The summed E-state index contributed by atoms with van der Waals surface area (Å²) < 4.78 is 18.3. The summed E-state index contributed by atoms with van der Waals surface area (Å²) >= 11 is 0. The van der Waals surface area contributed by atoms with E-state index in [1.54, 1.807) is 6.07 Å². The van der Waals surface area contributed by atoms with Crippen molar-refractivity contribution in [2.45, 2.75) is 25.3 Å². The van der Waals surface area contributed by atoms with Crippen LogP contribution in [-0.4, -0.2) is 16.7 Å². The number of nitrogens with zero attached hydrogens (tertiary/aromatic N) is 2. The van der Waals surface area contributed by atoms with Gasteiger partial charge in [0.1, 0.15) is 5.82 Å². The van der Waals surface area contributed by atoms with Crippen molar-refractivity contribution in [3.63, 3.8) is 0 Å². The van der Waals surface area contributed by atoms with Gasteiger partial charge in [-0.25, -0.2) is 4.39 Å². The third kappa shape index (κ3) is 3.30. The standard InChI is InChI=1S/C13H14FN3O.ClH/c14-10-4-1-3-9(7-10)8-12-16-13(18-17-12)11-5-2-6-15-11;/h1,3-4,7,11,15H,2,5-6,8H2;1H/t11-;/m0./s1. The fourth-order valence-electron chi connectivity index (χ4n) is 2.21. The number of rotatable bonds is 3. The van der Waals surface area contributed by atoms with Crippen LogP contribution in [0.25, 0.3) is 0 Å². The first kappa shape index (κ1) is 14.0. The molecule has 0 spiro atoms. The van der Waals surface area contributed by atoms with Crippen molar-refractivity contribution in [2.75, 3.05) is 6.54 Å². The van der Waals surface area contributed by atoms with Crippen molar-refractivity contribution in [3.05, 3.63) is 47.4 Å². The fraction of sp³-hybridized carbons (Fsp3) is 0.385. The molecule has 1 aromatic carbocycles. The second kappa shape index (κ2) is 6.12. The van der Waals surface area contributed by atoms with Crippen LogP contribution in [0.15, 0.2) is 28.8 Å². The maximum Gasteiger partial charge on any atom is 0.243 e. The summed E-state index contributed by atoms with van der Waals surface area (Å²) in [4.78, 5) is 4.35. The monoisotopic (exact) mass is 283 g/mol. The molecule has 0 bridgehead atoms. The largest absolute Gasteiger partial charge is 0.338 e. The Bertz CT molecular complexity index is 540. The smallest absolute Gasteiger partial charge is 0.243 e. The molecular weight excluding hydrogens is 269 g/mol. The van der Waals surface area contributed by atoms with E-state index in [9.17, 15) is 4.39 Å². The lowest BCUT2D eigenvalue weighted by Crippen LogP contribution is -2.13. The minimum Gasteiger partial charge on any atom is -0.338 e. The predicted molar refractivity (Wildman–Crippen MR) is 70.7 cm³/mol. The summed E-state index contributed by atoms with van der Waals surface area (Å²) in [6, 6.07) is 6.63. The molecule has 6 heteroatoms. The molecule has 19 heavy (non-hydrogen) atoms. The van der Waals surface area contributed by atoms with Crippen LogP contribution >= 0.6 is 12.4 Å². The van der Waals surface area contributed by atoms with Gasteiger partial charge < -0.3 is 9.84 Å². The average molecular weight is 284 g/mol. The Morgan fingerprint density at radius 1 is 1.42 bits per heavy atom. The van der Waals surface area contributed by atoms with Crippen molar-refractivity contribution in [3.8, 4) is 0 Å². The number of hydrogen-bond donors (Lipinski definition) is 1. The summed E-state index contributed by atoms with van der Waals surface area (Å²) in [7, 11) is 0. The van der Waals surface area contributed by atoms with Gasteiger partial charge in [0.25, 0.3) is 0 Å². The zero-order valence-corrected chi connectivity index (χ0v) is 11.1. The van der Waals surface area contributed by atoms with Gasteiger partial charge in [0.15, 0.2) is 5.82 Å². The van der Waals surface area contributed by atoms with Crippen LogP contribution in [0, 0.1) is 5.82 Å². The fourth-order valence-corrected chi connectivity index (χ4v) is 2.21. The van der Waals surface area contributed by atoms with E-state index in [2.05, 4.69) is 15.5 Å². The molecule has 102 valence electrons. The number of aromatic nitrogens is 2. The van der Waals surface area contributed by atoms with Gasteiger partial charge in [0.2, 0.25) is 5.89 Å². The van der Waals surface area contributed by atoms with Crippen LogP contribution in [-0.2, 0) is 6.42 Å². The van der Waals surface area contributed by atoms with Crippen LogP contribution in [0.2, 0.25) is 0 Å². The van der Waals surface area contributed by atoms with Gasteiger partial charge in [-0.3, -0.25) is 0 Å². The summed E-state index contributed by atoms with van der Waals surface area (Å²) in [6.07, 6.45) is 2.65. The minimum atomic E-state index is -0.242. The van der Waals surface area contributed by atoms with E-state index in [1.807, 2.05) is 6.07 Å². The predicted octanol–water partition coefficient (Wildman–Crippen LogP) is 2.65. The van der Waals surface area contributed by atoms with Crippen LogP contribution < -0.4 is 5.32 Å². The van der Waals surface area contributed by atoms with E-state index >= 15 is 0 Å². The molecule has 1 N–H and O–H groups in total. The van der Waals surface area contributed by atoms with Gasteiger partial charge in [-0.05, 0) is 37.1 Å². The highest BCUT2D eigenvalue weighted by molar-refractivity contribution is 5.85. The van der Waals surface area contributed by atoms with Gasteiger partial charge in [0.05, 0.1) is 6.04 Å². The molecule has 0 radical (unpaired) electrons. The summed E-state index contributed by atoms with van der Waals surface area (Å²) in [5.74, 6) is 0.997. The first-order valence-corrected chi connectivity index (χ1v) is 6.11. The molecule has 0 unspecified atom stereocenters. The molecule has 1 aliphatic heterocycles. The Morgan fingerprint density at radius 3 is 3.05 bits per heavy atom. The van der Waals surface area contributed by atoms with Gasteiger partial charge in [-0.1, -0.05) is 17.3 Å². The lowest BCUT2D eigenvalue weighted by atomic mass is 10.1. The third-order valence-electron chi connectivity index (χ3n) is 3.09. The van der Waals surface area contributed by atoms with Crippen molar-refractivity contribution >= 4 is 12.4 Å². The Labute approximate surface area is 116 Å². The lowest BCUT2D eigenvalue weighted by Gasteiger charge is -2.01. The summed E-state index contributed by atoms with van der Waals surface area (Å²) in [6.45, 7) is 0.992. The van der Waals surface area contributed by atoms with E-state index in [0.717, 1.165) is 24.9 Å². The van der Waals surface area contributed by atoms with Gasteiger partial charge in [-0.2, -0.15) is 4.98 Å². The second-order valence-electron chi connectivity index (χ2n) is 4.50. The van der Waals surface area contributed by atoms with E-state index in [-0.39, 0.29) is 24.3 Å². The molecule has 0 amide bonds. The quantitative estimate of drug-likeness (QED) is 0.941. The van der Waals surface area contributed by atoms with E-state index < -0.39 is 0 Å². The SMILES string of the molecule is Cl.Fc1cccc(Cc2noc([C@@H]3CCCN3)n2)c1. The van der Waals surface area contributed by atoms with Crippen LogP contribution in [0.4, 0.5) is 4.39 Å². The average Bonchev–Trinajstić information content (AvgIpc) is 2.98. The minimum absolute atomic E-state index is 0. The van der Waals surface area contributed by atoms with Crippen LogP contribution in [0.5, 0.6) is 0 Å². The molecule has 2 aromatic rings. The molecule has 4 nitrogen and oxygen atoms in total. The molecule has 0 saturated carbocycles. The maximum atomic E-state index is 13.0. The van der Waals surface area contributed by atoms with Crippen LogP contribution in [0.3, 0.4) is 0 Å². The molecular formula is C13H15ClFN3O. The molecule has 0 aliphatic carbocycles. The zero-order chi connectivity index (χ0) is 12.4. The van der Waals surface area contributed by atoms with Crippen LogP contribution in [0.1, 0.15) is 36.2 Å². The molecule has 2 heterocycles. The number of hydrogen-bond acceptors (Lipinski definition) is 4. The highest BCUT2D eigenvalue weighted by atomic mass is 35.5. The Kier molecular flexibility index (Phi) is 4.50. The first-order chi connectivity index (χ1) is 8.81. The van der Waals surface area contributed by atoms with Gasteiger partial charge in [-0.15, -0.1) is 12.4 Å². The lowest BCUT2D eigenvalue weighted by molar-refractivity contribution is 0.341. The molecule has 1 saturated heterocycles. The number of halogens is 2. The highest BCUT2D eigenvalue weighted by Crippen LogP contribution is 2.21. The first-order valence-electron chi connectivity index (χ1n) is 6.11. The number of benzene rings is 1. The molecule has 1 aliphatic rings. The Morgan fingerprint density at radius 2 is 2.32 bits per heavy atom. The van der Waals surface area contributed by atoms with E-state index in [1.165, 1.54) is 12.1 Å². The zero-order valence-electron chi connectivity index (χ0n) is 10.3. The van der Waals surface area contributed by atoms with Gasteiger partial charge >= 0.3 is 0 Å². The van der Waals surface area contributed by atoms with Crippen molar-refractivity contribution in [2.24, 2.45) is 0 Å². The summed E-state index contributed by atoms with van der Waals surface area (Å²) in [5.41, 5.74) is 0.849. The highest BCUT2D eigenvalue weighted by Gasteiger charge is 2.22. The topological polar surface area (TPSA) is 51.0 Å². The normalized spacial score (nSPS) is 18.3. The molecule has 3 rings (SSSR count). The number of nitrogens with one attached hydrogen (secondary N) is 1. The Hall–Kier alpha value is -1.46. The van der Waals surface area contributed by atoms with Crippen molar-refractivity contribution in [1.82, 2.24) is 15.5 Å². The van der Waals surface area contributed by atoms with Crippen molar-refractivity contribution < 1.29 is 8.91 Å². The third-order valence-corrected chi connectivity index (χ3v) is 3.09. The molecule has 1 aromatic heterocycles. The van der Waals surface area contributed by atoms with Crippen molar-refractivity contribution in [1.29, 1.82) is 0 Å². The van der Waals surface area contributed by atoms with Gasteiger partial charge in [0, 0.05) is 6.42 Å². The van der Waals surface area contributed by atoms with E-state index in [0.29, 0.717) is 18.1 Å².